The van der Waals surface area contributed by atoms with Crippen LogP contribution in [0.3, 0.4) is 0 Å². The fraction of sp³-hybridized carbons (Fsp3) is 0.222. The van der Waals surface area contributed by atoms with Gasteiger partial charge in [-0.05, 0) is 55.4 Å². The lowest BCUT2D eigenvalue weighted by Gasteiger charge is -2.12. The number of thiocarbonyl (C=S) groups is 1. The lowest BCUT2D eigenvalue weighted by atomic mass is 10.2. The summed E-state index contributed by atoms with van der Waals surface area (Å²) in [6.07, 6.45) is 0.947. The molecule has 2 aromatic carbocycles. The minimum Gasteiger partial charge on any atom is -0.494 e. The Morgan fingerprint density at radius 1 is 1.17 bits per heavy atom. The van der Waals surface area contributed by atoms with E-state index >= 15 is 0 Å². The van der Waals surface area contributed by atoms with Gasteiger partial charge in [-0.2, -0.15) is 0 Å². The van der Waals surface area contributed by atoms with Crippen LogP contribution in [0.2, 0.25) is 5.02 Å². The molecule has 2 N–H and O–H groups in total. The molecule has 2 aromatic rings. The van der Waals surface area contributed by atoms with Gasteiger partial charge in [-0.1, -0.05) is 35.9 Å². The second-order valence-corrected chi connectivity index (χ2v) is 6.00. The molecule has 0 atom stereocenters. The number of hydrogen-bond donors (Lipinski definition) is 2. The number of anilines is 1. The predicted octanol–water partition coefficient (Wildman–Crippen LogP) is 4.32. The van der Waals surface area contributed by atoms with E-state index in [0.29, 0.717) is 24.5 Å². The molecule has 0 aliphatic heterocycles. The first kappa shape index (κ1) is 18.2. The standard InChI is InChI=1S/C18H19ClN2O2S/c1-13-15(19)9-5-10-16(13)20-18(24)21-17(22)11-6-12-23-14-7-3-2-4-8-14/h2-5,7-10H,6,11-12H2,1H3,(H2,20,21,22,24). The van der Waals surface area contributed by atoms with Gasteiger partial charge in [0.2, 0.25) is 5.91 Å². The average Bonchev–Trinajstić information content (AvgIpc) is 2.57. The number of ether oxygens (including phenoxy) is 1. The summed E-state index contributed by atoms with van der Waals surface area (Å²) in [5.41, 5.74) is 1.66. The van der Waals surface area contributed by atoms with E-state index in [1.54, 1.807) is 6.07 Å². The number of hydrogen-bond acceptors (Lipinski definition) is 3. The summed E-state index contributed by atoms with van der Waals surface area (Å²) in [7, 11) is 0. The zero-order chi connectivity index (χ0) is 17.4. The van der Waals surface area contributed by atoms with Crippen LogP contribution in [-0.4, -0.2) is 17.6 Å². The topological polar surface area (TPSA) is 50.4 Å². The largest absolute Gasteiger partial charge is 0.494 e. The molecule has 0 radical (unpaired) electrons. The zero-order valence-corrected chi connectivity index (χ0v) is 14.9. The minimum absolute atomic E-state index is 0.149. The third-order valence-corrected chi connectivity index (χ3v) is 3.94. The lowest BCUT2D eigenvalue weighted by molar-refractivity contribution is -0.119. The van der Waals surface area contributed by atoms with Gasteiger partial charge in [-0.3, -0.25) is 4.79 Å². The Hall–Kier alpha value is -2.11. The Morgan fingerprint density at radius 2 is 1.92 bits per heavy atom. The van der Waals surface area contributed by atoms with E-state index in [-0.39, 0.29) is 11.0 Å². The summed E-state index contributed by atoms with van der Waals surface area (Å²) in [5.74, 6) is 0.648. The van der Waals surface area contributed by atoms with Gasteiger partial charge in [0.05, 0.1) is 6.61 Å². The molecule has 0 aliphatic rings. The maximum atomic E-state index is 11.9. The summed E-state index contributed by atoms with van der Waals surface area (Å²) in [6, 6.07) is 15.0. The van der Waals surface area contributed by atoms with Gasteiger partial charge in [-0.15, -0.1) is 0 Å². The van der Waals surface area contributed by atoms with Crippen molar-refractivity contribution in [1.29, 1.82) is 0 Å². The Bertz CT molecular complexity index is 707. The van der Waals surface area contributed by atoms with Crippen molar-refractivity contribution in [3.05, 3.63) is 59.1 Å². The van der Waals surface area contributed by atoms with E-state index in [0.717, 1.165) is 17.0 Å². The fourth-order valence-corrected chi connectivity index (χ4v) is 2.42. The van der Waals surface area contributed by atoms with Crippen LogP contribution in [0.15, 0.2) is 48.5 Å². The highest BCUT2D eigenvalue weighted by Gasteiger charge is 2.07. The average molecular weight is 363 g/mol. The Labute approximate surface area is 152 Å². The highest BCUT2D eigenvalue weighted by molar-refractivity contribution is 7.80. The van der Waals surface area contributed by atoms with Crippen molar-refractivity contribution in [2.45, 2.75) is 19.8 Å². The van der Waals surface area contributed by atoms with E-state index < -0.39 is 0 Å². The van der Waals surface area contributed by atoms with Crippen LogP contribution in [0.4, 0.5) is 5.69 Å². The molecular formula is C18H19ClN2O2S. The summed E-state index contributed by atoms with van der Waals surface area (Å²) >= 11 is 11.2. The first-order valence-corrected chi connectivity index (χ1v) is 8.38. The molecule has 2 rings (SSSR count). The van der Waals surface area contributed by atoms with Gasteiger partial charge >= 0.3 is 0 Å². The van der Waals surface area contributed by atoms with Crippen molar-refractivity contribution in [1.82, 2.24) is 5.32 Å². The number of para-hydroxylation sites is 1. The van der Waals surface area contributed by atoms with Crippen molar-refractivity contribution < 1.29 is 9.53 Å². The summed E-state index contributed by atoms with van der Waals surface area (Å²) < 4.78 is 5.54. The number of amides is 1. The summed E-state index contributed by atoms with van der Waals surface area (Å²) in [6.45, 7) is 2.36. The maximum Gasteiger partial charge on any atom is 0.226 e. The Kier molecular flexibility index (Phi) is 7.03. The van der Waals surface area contributed by atoms with Crippen LogP contribution < -0.4 is 15.4 Å². The fourth-order valence-electron chi connectivity index (χ4n) is 2.03. The number of rotatable bonds is 6. The highest BCUT2D eigenvalue weighted by atomic mass is 35.5. The second-order valence-electron chi connectivity index (χ2n) is 5.18. The Morgan fingerprint density at radius 3 is 2.67 bits per heavy atom. The molecule has 126 valence electrons. The van der Waals surface area contributed by atoms with Gasteiger partial charge in [0.1, 0.15) is 5.75 Å². The molecule has 0 saturated carbocycles. The third kappa shape index (κ3) is 5.83. The van der Waals surface area contributed by atoms with E-state index in [1.165, 1.54) is 0 Å². The molecule has 24 heavy (non-hydrogen) atoms. The molecule has 0 spiro atoms. The van der Waals surface area contributed by atoms with E-state index in [2.05, 4.69) is 10.6 Å². The van der Waals surface area contributed by atoms with Crippen LogP contribution in [0, 0.1) is 6.92 Å². The summed E-state index contributed by atoms with van der Waals surface area (Å²) in [5, 5.41) is 6.54. The van der Waals surface area contributed by atoms with Gasteiger partial charge in [0, 0.05) is 17.1 Å². The smallest absolute Gasteiger partial charge is 0.226 e. The molecule has 1 amide bonds. The van der Waals surface area contributed by atoms with E-state index in [9.17, 15) is 4.79 Å². The summed E-state index contributed by atoms with van der Waals surface area (Å²) in [4.78, 5) is 11.9. The zero-order valence-electron chi connectivity index (χ0n) is 13.3. The molecule has 0 heterocycles. The molecule has 6 heteroatoms. The molecule has 0 fully saturated rings. The molecule has 0 saturated heterocycles. The van der Waals surface area contributed by atoms with Gasteiger partial charge < -0.3 is 15.4 Å². The normalized spacial score (nSPS) is 10.1. The van der Waals surface area contributed by atoms with E-state index in [1.807, 2.05) is 49.4 Å². The van der Waals surface area contributed by atoms with Gasteiger partial charge in [-0.25, -0.2) is 0 Å². The minimum atomic E-state index is -0.149. The second kappa shape index (κ2) is 9.25. The van der Waals surface area contributed by atoms with Crippen molar-refractivity contribution in [2.75, 3.05) is 11.9 Å². The number of carbonyl (C=O) groups excluding carboxylic acids is 1. The van der Waals surface area contributed by atoms with Crippen LogP contribution in [0.5, 0.6) is 5.75 Å². The van der Waals surface area contributed by atoms with Crippen molar-refractivity contribution >= 4 is 40.5 Å². The monoisotopic (exact) mass is 362 g/mol. The molecule has 0 aromatic heterocycles. The van der Waals surface area contributed by atoms with Gasteiger partial charge in [0.25, 0.3) is 0 Å². The van der Waals surface area contributed by atoms with Gasteiger partial charge in [0.15, 0.2) is 5.11 Å². The maximum absolute atomic E-state index is 11.9. The first-order valence-electron chi connectivity index (χ1n) is 7.60. The van der Waals surface area contributed by atoms with E-state index in [4.69, 9.17) is 28.6 Å². The lowest BCUT2D eigenvalue weighted by Crippen LogP contribution is -2.34. The highest BCUT2D eigenvalue weighted by Crippen LogP contribution is 2.22. The quantitative estimate of drug-likeness (QED) is 0.593. The molecule has 0 unspecified atom stereocenters. The van der Waals surface area contributed by atoms with Crippen LogP contribution >= 0.6 is 23.8 Å². The number of benzene rings is 2. The number of carbonyl (C=O) groups is 1. The first-order chi connectivity index (χ1) is 11.6. The molecule has 4 nitrogen and oxygen atoms in total. The SMILES string of the molecule is Cc1c(Cl)cccc1NC(=S)NC(=O)CCCOc1ccccc1. The van der Waals surface area contributed by atoms with Crippen LogP contribution in [0.25, 0.3) is 0 Å². The van der Waals surface area contributed by atoms with Crippen molar-refractivity contribution in [3.63, 3.8) is 0 Å². The van der Waals surface area contributed by atoms with Crippen LogP contribution in [-0.2, 0) is 4.79 Å². The van der Waals surface area contributed by atoms with Crippen molar-refractivity contribution in [2.24, 2.45) is 0 Å². The number of nitrogens with one attached hydrogen (secondary N) is 2. The Balaban J connectivity index is 1.70. The van der Waals surface area contributed by atoms with Crippen molar-refractivity contribution in [3.8, 4) is 5.75 Å². The third-order valence-electron chi connectivity index (χ3n) is 3.33. The molecule has 0 bridgehead atoms. The number of halogens is 1. The predicted molar refractivity (Wildman–Crippen MR) is 102 cm³/mol. The van der Waals surface area contributed by atoms with Crippen LogP contribution in [0.1, 0.15) is 18.4 Å². The molecule has 0 aliphatic carbocycles. The molecular weight excluding hydrogens is 344 g/mol.